The van der Waals surface area contributed by atoms with E-state index in [4.69, 9.17) is 5.10 Å². The fourth-order valence-electron chi connectivity index (χ4n) is 4.20. The summed E-state index contributed by atoms with van der Waals surface area (Å²) in [5.41, 5.74) is 3.70. The van der Waals surface area contributed by atoms with Crippen molar-refractivity contribution in [1.82, 2.24) is 15.1 Å². The fraction of sp³-hybridized carbons (Fsp3) is 0.444. The Hall–Kier alpha value is -2.58. The third-order valence-electron chi connectivity index (χ3n) is 5.86. The van der Waals surface area contributed by atoms with Gasteiger partial charge in [0.05, 0.1) is 22.4 Å². The molecule has 35 heavy (non-hydrogen) atoms. The molecule has 186 valence electrons. The van der Waals surface area contributed by atoms with E-state index in [-0.39, 0.29) is 29.0 Å². The molecule has 1 aliphatic rings. The number of thiophene rings is 1. The Balaban J connectivity index is 1.95. The van der Waals surface area contributed by atoms with Gasteiger partial charge in [0.25, 0.3) is 0 Å². The van der Waals surface area contributed by atoms with Gasteiger partial charge in [0, 0.05) is 22.4 Å². The molecule has 1 aliphatic heterocycles. The van der Waals surface area contributed by atoms with E-state index in [2.05, 4.69) is 57.4 Å². The van der Waals surface area contributed by atoms with Gasteiger partial charge in [-0.3, -0.25) is 14.5 Å². The molecule has 1 aromatic carbocycles. The van der Waals surface area contributed by atoms with E-state index in [0.29, 0.717) is 24.0 Å². The molecule has 0 aliphatic carbocycles. The highest BCUT2D eigenvalue weighted by atomic mass is 32.2. The van der Waals surface area contributed by atoms with E-state index in [0.717, 1.165) is 22.5 Å². The van der Waals surface area contributed by atoms with Crippen LogP contribution in [-0.4, -0.2) is 40.4 Å². The molecule has 0 bridgehead atoms. The average Bonchev–Trinajstić information content (AvgIpc) is 3.42. The Labute approximate surface area is 216 Å². The predicted molar refractivity (Wildman–Crippen MR) is 146 cm³/mol. The van der Waals surface area contributed by atoms with Crippen LogP contribution in [0, 0.1) is 12.8 Å². The number of fused-ring (bicyclic) bond motifs is 1. The van der Waals surface area contributed by atoms with Crippen molar-refractivity contribution in [2.24, 2.45) is 5.92 Å². The van der Waals surface area contributed by atoms with Crippen LogP contribution in [0.1, 0.15) is 61.6 Å². The van der Waals surface area contributed by atoms with E-state index in [1.807, 2.05) is 35.9 Å². The Morgan fingerprint density at radius 3 is 2.63 bits per heavy atom. The topological polar surface area (TPSA) is 67.2 Å². The molecule has 0 fully saturated rings. The summed E-state index contributed by atoms with van der Waals surface area (Å²) in [5, 5.41) is 10.1. The first-order valence-electron chi connectivity index (χ1n) is 12.0. The average molecular weight is 511 g/mol. The first-order valence-corrected chi connectivity index (χ1v) is 13.9. The molecule has 1 atom stereocenters. The molecule has 8 heteroatoms. The lowest BCUT2D eigenvalue weighted by Gasteiger charge is -2.24. The van der Waals surface area contributed by atoms with Gasteiger partial charge >= 0.3 is 0 Å². The van der Waals surface area contributed by atoms with E-state index in [1.54, 1.807) is 28.0 Å². The molecular formula is C27H34N4O2S2. The number of hydrogen-bond donors (Lipinski definition) is 1. The SMILES string of the molecule is Cc1cccc(-n2nc(C(C)(C)C)c3c2N(CC(=O)NCC(C)C)C(=O)CS[C@@H]3c2cccs2)c1. The molecule has 0 radical (unpaired) electrons. The van der Waals surface area contributed by atoms with Crippen molar-refractivity contribution in [2.45, 2.75) is 52.2 Å². The fourth-order valence-corrected chi connectivity index (χ4v) is 6.37. The van der Waals surface area contributed by atoms with Gasteiger partial charge in [-0.15, -0.1) is 23.1 Å². The minimum atomic E-state index is -0.256. The van der Waals surface area contributed by atoms with Crippen LogP contribution in [-0.2, 0) is 15.0 Å². The summed E-state index contributed by atoms with van der Waals surface area (Å²) in [5.74, 6) is 1.09. The number of carbonyl (C=O) groups excluding carboxylic acids is 2. The summed E-state index contributed by atoms with van der Waals surface area (Å²) in [4.78, 5) is 29.4. The molecular weight excluding hydrogens is 476 g/mol. The smallest absolute Gasteiger partial charge is 0.240 e. The lowest BCUT2D eigenvalue weighted by molar-refractivity contribution is -0.123. The minimum Gasteiger partial charge on any atom is -0.354 e. The Morgan fingerprint density at radius 1 is 1.23 bits per heavy atom. The maximum absolute atomic E-state index is 13.6. The molecule has 0 saturated heterocycles. The summed E-state index contributed by atoms with van der Waals surface area (Å²) in [6.07, 6.45) is 0. The molecule has 1 N–H and O–H groups in total. The molecule has 2 aromatic heterocycles. The van der Waals surface area contributed by atoms with Crippen LogP contribution in [0.3, 0.4) is 0 Å². The van der Waals surface area contributed by atoms with Gasteiger partial charge in [0.15, 0.2) is 0 Å². The summed E-state index contributed by atoms with van der Waals surface area (Å²) < 4.78 is 1.88. The third-order valence-corrected chi connectivity index (χ3v) is 8.18. The van der Waals surface area contributed by atoms with Crippen LogP contribution >= 0.6 is 23.1 Å². The van der Waals surface area contributed by atoms with Crippen molar-refractivity contribution >= 4 is 40.7 Å². The summed E-state index contributed by atoms with van der Waals surface area (Å²) in [7, 11) is 0. The molecule has 4 rings (SSSR count). The zero-order chi connectivity index (χ0) is 25.3. The number of nitrogens with zero attached hydrogens (tertiary/aromatic N) is 3. The van der Waals surface area contributed by atoms with Crippen LogP contribution < -0.4 is 10.2 Å². The molecule has 0 unspecified atom stereocenters. The van der Waals surface area contributed by atoms with Crippen molar-refractivity contribution in [3.63, 3.8) is 0 Å². The van der Waals surface area contributed by atoms with E-state index >= 15 is 0 Å². The van der Waals surface area contributed by atoms with Crippen LogP contribution in [0.25, 0.3) is 5.69 Å². The minimum absolute atomic E-state index is 0.0304. The van der Waals surface area contributed by atoms with Crippen molar-refractivity contribution in [1.29, 1.82) is 0 Å². The zero-order valence-corrected chi connectivity index (χ0v) is 22.9. The lowest BCUT2D eigenvalue weighted by Crippen LogP contribution is -2.43. The number of aryl methyl sites for hydroxylation is 1. The van der Waals surface area contributed by atoms with Gasteiger partial charge in [0.2, 0.25) is 11.8 Å². The number of amides is 2. The van der Waals surface area contributed by atoms with Crippen molar-refractivity contribution < 1.29 is 9.59 Å². The van der Waals surface area contributed by atoms with E-state index in [1.165, 1.54) is 4.88 Å². The third kappa shape index (κ3) is 5.48. The van der Waals surface area contributed by atoms with Crippen molar-refractivity contribution in [3.8, 4) is 5.69 Å². The van der Waals surface area contributed by atoms with Crippen LogP contribution in [0.4, 0.5) is 5.82 Å². The zero-order valence-electron chi connectivity index (χ0n) is 21.3. The number of rotatable bonds is 6. The maximum atomic E-state index is 13.6. The standard InChI is InChI=1S/C27H34N4O2S2/c1-17(2)14-28-21(32)15-30-22(33)16-35-24(20-11-8-12-34-20)23-25(27(4,5)6)29-31(26(23)30)19-10-7-9-18(3)13-19/h7-13,17,24H,14-16H2,1-6H3,(H,28,32)/t24-/m1/s1. The first-order chi connectivity index (χ1) is 16.6. The number of nitrogens with one attached hydrogen (secondary N) is 1. The van der Waals surface area contributed by atoms with Crippen molar-refractivity contribution in [3.05, 3.63) is 63.5 Å². The summed E-state index contributed by atoms with van der Waals surface area (Å²) >= 11 is 3.31. The second kappa shape index (κ2) is 10.2. The molecule has 2 amide bonds. The predicted octanol–water partition coefficient (Wildman–Crippen LogP) is 5.48. The van der Waals surface area contributed by atoms with Crippen molar-refractivity contribution in [2.75, 3.05) is 23.7 Å². The number of thioether (sulfide) groups is 1. The number of anilines is 1. The van der Waals surface area contributed by atoms with Gasteiger partial charge in [-0.25, -0.2) is 4.68 Å². The highest BCUT2D eigenvalue weighted by Gasteiger charge is 2.40. The van der Waals surface area contributed by atoms with Gasteiger partial charge in [0.1, 0.15) is 12.4 Å². The normalized spacial score (nSPS) is 16.4. The molecule has 0 saturated carbocycles. The van der Waals surface area contributed by atoms with Crippen LogP contribution in [0.15, 0.2) is 41.8 Å². The quantitative estimate of drug-likeness (QED) is 0.477. The largest absolute Gasteiger partial charge is 0.354 e. The second-order valence-electron chi connectivity index (χ2n) is 10.5. The Bertz CT molecular complexity index is 1210. The molecule has 3 aromatic rings. The van der Waals surface area contributed by atoms with Gasteiger partial charge in [-0.1, -0.05) is 52.8 Å². The maximum Gasteiger partial charge on any atom is 0.240 e. The molecule has 6 nitrogen and oxygen atoms in total. The van der Waals surface area contributed by atoms with Gasteiger partial charge in [-0.2, -0.15) is 5.10 Å². The number of aromatic nitrogens is 2. The lowest BCUT2D eigenvalue weighted by atomic mass is 9.88. The Kier molecular flexibility index (Phi) is 7.43. The van der Waals surface area contributed by atoms with Gasteiger partial charge in [-0.05, 0) is 42.0 Å². The summed E-state index contributed by atoms with van der Waals surface area (Å²) in [6.45, 7) is 13.2. The highest BCUT2D eigenvalue weighted by molar-refractivity contribution is 8.00. The molecule has 0 spiro atoms. The highest BCUT2D eigenvalue weighted by Crippen LogP contribution is 2.49. The second-order valence-corrected chi connectivity index (χ2v) is 12.5. The van der Waals surface area contributed by atoms with E-state index < -0.39 is 0 Å². The van der Waals surface area contributed by atoms with Gasteiger partial charge < -0.3 is 5.32 Å². The Morgan fingerprint density at radius 2 is 2.00 bits per heavy atom. The van der Waals surface area contributed by atoms with Crippen LogP contribution in [0.5, 0.6) is 0 Å². The summed E-state index contributed by atoms with van der Waals surface area (Å²) in [6, 6.07) is 12.3. The van der Waals surface area contributed by atoms with E-state index in [9.17, 15) is 9.59 Å². The number of hydrogen-bond acceptors (Lipinski definition) is 5. The molecule has 3 heterocycles. The first kappa shape index (κ1) is 25.5. The monoisotopic (exact) mass is 510 g/mol. The van der Waals surface area contributed by atoms with Crippen LogP contribution in [0.2, 0.25) is 0 Å². The number of carbonyl (C=O) groups is 2. The number of benzene rings is 1.